The standard InChI is InChI=1S/C15H14N2O2S/c1-12-7-5-6-10-14(12)17-15(18)11-16(20(17)19)13-8-3-2-4-9-13/h2-10H,11H2,1H3. The fourth-order valence-corrected chi connectivity index (χ4v) is 3.54. The van der Waals surface area contributed by atoms with Gasteiger partial charge in [0.1, 0.15) is 6.54 Å². The Balaban J connectivity index is 1.98. The van der Waals surface area contributed by atoms with E-state index in [0.717, 1.165) is 11.3 Å². The van der Waals surface area contributed by atoms with E-state index in [9.17, 15) is 9.00 Å². The van der Waals surface area contributed by atoms with Crippen LogP contribution in [0.5, 0.6) is 0 Å². The summed E-state index contributed by atoms with van der Waals surface area (Å²) in [5.41, 5.74) is 2.42. The van der Waals surface area contributed by atoms with Crippen LogP contribution in [0.1, 0.15) is 5.56 Å². The Labute approximate surface area is 120 Å². The van der Waals surface area contributed by atoms with Gasteiger partial charge in [0.05, 0.1) is 11.4 Å². The highest BCUT2D eigenvalue weighted by atomic mass is 32.2. The first kappa shape index (κ1) is 12.9. The van der Waals surface area contributed by atoms with E-state index in [1.807, 2.05) is 61.5 Å². The number of anilines is 2. The van der Waals surface area contributed by atoms with Crippen molar-refractivity contribution in [2.24, 2.45) is 0 Å². The van der Waals surface area contributed by atoms with Crippen molar-refractivity contribution in [1.82, 2.24) is 0 Å². The predicted molar refractivity (Wildman–Crippen MR) is 80.6 cm³/mol. The number of nitrogens with zero attached hydrogens (tertiary/aromatic N) is 2. The molecule has 0 N–H and O–H groups in total. The zero-order valence-corrected chi connectivity index (χ0v) is 11.8. The van der Waals surface area contributed by atoms with Crippen LogP contribution in [-0.2, 0) is 16.0 Å². The molecule has 0 spiro atoms. The molecule has 0 radical (unpaired) electrons. The van der Waals surface area contributed by atoms with Crippen molar-refractivity contribution in [2.45, 2.75) is 6.92 Å². The lowest BCUT2D eigenvalue weighted by Crippen LogP contribution is -2.28. The van der Waals surface area contributed by atoms with Crippen LogP contribution in [0.15, 0.2) is 54.6 Å². The number of aryl methyl sites for hydroxylation is 1. The average molecular weight is 286 g/mol. The minimum absolute atomic E-state index is 0.130. The normalized spacial score (nSPS) is 18.6. The van der Waals surface area contributed by atoms with Crippen LogP contribution in [0.3, 0.4) is 0 Å². The molecule has 1 heterocycles. The lowest BCUT2D eigenvalue weighted by molar-refractivity contribution is -0.115. The third-order valence-corrected chi connectivity index (χ3v) is 4.66. The van der Waals surface area contributed by atoms with Crippen molar-refractivity contribution >= 4 is 28.5 Å². The molecule has 0 aromatic heterocycles. The maximum atomic E-state index is 12.6. The zero-order chi connectivity index (χ0) is 14.1. The Bertz CT molecular complexity index is 673. The summed E-state index contributed by atoms with van der Waals surface area (Å²) in [6.07, 6.45) is 0. The second-order valence-electron chi connectivity index (χ2n) is 4.58. The van der Waals surface area contributed by atoms with Gasteiger partial charge < -0.3 is 0 Å². The van der Waals surface area contributed by atoms with E-state index in [-0.39, 0.29) is 12.5 Å². The van der Waals surface area contributed by atoms with E-state index in [2.05, 4.69) is 0 Å². The van der Waals surface area contributed by atoms with Crippen LogP contribution >= 0.6 is 0 Å². The number of rotatable bonds is 2. The number of para-hydroxylation sites is 2. The van der Waals surface area contributed by atoms with E-state index in [4.69, 9.17) is 0 Å². The first-order valence-corrected chi connectivity index (χ1v) is 7.38. The monoisotopic (exact) mass is 286 g/mol. The van der Waals surface area contributed by atoms with E-state index >= 15 is 0 Å². The van der Waals surface area contributed by atoms with Crippen molar-refractivity contribution in [1.29, 1.82) is 0 Å². The second-order valence-corrected chi connectivity index (χ2v) is 5.84. The first-order chi connectivity index (χ1) is 9.68. The maximum absolute atomic E-state index is 12.6. The van der Waals surface area contributed by atoms with Gasteiger partial charge in [-0.1, -0.05) is 36.4 Å². The van der Waals surface area contributed by atoms with E-state index in [1.54, 1.807) is 4.31 Å². The molecule has 1 fully saturated rings. The molecule has 1 saturated heterocycles. The molecule has 2 aromatic rings. The molecule has 0 aliphatic carbocycles. The molecule has 0 bridgehead atoms. The Kier molecular flexibility index (Phi) is 3.28. The smallest absolute Gasteiger partial charge is 0.261 e. The van der Waals surface area contributed by atoms with Gasteiger partial charge in [-0.05, 0) is 30.7 Å². The molecular formula is C15H14N2O2S. The quantitative estimate of drug-likeness (QED) is 0.850. The maximum Gasteiger partial charge on any atom is 0.261 e. The molecule has 0 saturated carbocycles. The Morgan fingerprint density at radius 3 is 2.35 bits per heavy atom. The van der Waals surface area contributed by atoms with Crippen molar-refractivity contribution in [3.63, 3.8) is 0 Å². The van der Waals surface area contributed by atoms with Crippen LogP contribution in [-0.4, -0.2) is 16.7 Å². The third-order valence-electron chi connectivity index (χ3n) is 3.23. The topological polar surface area (TPSA) is 40.6 Å². The molecule has 2 aromatic carbocycles. The van der Waals surface area contributed by atoms with Crippen LogP contribution in [0, 0.1) is 6.92 Å². The van der Waals surface area contributed by atoms with Gasteiger partial charge in [0.25, 0.3) is 5.91 Å². The minimum Gasteiger partial charge on any atom is -0.271 e. The van der Waals surface area contributed by atoms with Crippen LogP contribution in [0.25, 0.3) is 0 Å². The molecular weight excluding hydrogens is 272 g/mol. The molecule has 102 valence electrons. The van der Waals surface area contributed by atoms with Gasteiger partial charge in [-0.15, -0.1) is 0 Å². The number of benzene rings is 2. The van der Waals surface area contributed by atoms with Crippen molar-refractivity contribution < 1.29 is 9.00 Å². The molecule has 1 aliphatic heterocycles. The van der Waals surface area contributed by atoms with Gasteiger partial charge in [-0.25, -0.2) is 8.51 Å². The fraction of sp³-hybridized carbons (Fsp3) is 0.133. The highest BCUT2D eigenvalue weighted by Crippen LogP contribution is 2.29. The number of carbonyl (C=O) groups excluding carboxylic acids is 1. The number of hydrogen-bond acceptors (Lipinski definition) is 2. The van der Waals surface area contributed by atoms with Gasteiger partial charge >= 0.3 is 0 Å². The molecule has 4 nitrogen and oxygen atoms in total. The summed E-state index contributed by atoms with van der Waals surface area (Å²) in [6.45, 7) is 2.04. The van der Waals surface area contributed by atoms with Crippen molar-refractivity contribution in [2.75, 3.05) is 15.2 Å². The first-order valence-electron chi connectivity index (χ1n) is 6.31. The highest BCUT2D eigenvalue weighted by molar-refractivity contribution is 7.89. The predicted octanol–water partition coefficient (Wildman–Crippen LogP) is 2.43. The van der Waals surface area contributed by atoms with Gasteiger partial charge in [-0.3, -0.25) is 9.10 Å². The van der Waals surface area contributed by atoms with Crippen molar-refractivity contribution in [3.05, 3.63) is 60.2 Å². The summed E-state index contributed by atoms with van der Waals surface area (Å²) >= 11 is -1.52. The molecule has 1 atom stereocenters. The summed E-state index contributed by atoms with van der Waals surface area (Å²) < 4.78 is 15.6. The minimum atomic E-state index is -1.52. The Morgan fingerprint density at radius 1 is 1.00 bits per heavy atom. The molecule has 1 unspecified atom stereocenters. The molecule has 3 rings (SSSR count). The SMILES string of the molecule is Cc1ccccc1N1C(=O)CN(c2ccccc2)S1=O. The lowest BCUT2D eigenvalue weighted by atomic mass is 10.2. The molecule has 1 aliphatic rings. The number of carbonyl (C=O) groups is 1. The summed E-state index contributed by atoms with van der Waals surface area (Å²) in [5.74, 6) is -0.151. The summed E-state index contributed by atoms with van der Waals surface area (Å²) in [7, 11) is 0. The van der Waals surface area contributed by atoms with Gasteiger partial charge in [0, 0.05) is 0 Å². The summed E-state index contributed by atoms with van der Waals surface area (Å²) in [4.78, 5) is 12.2. The largest absolute Gasteiger partial charge is 0.271 e. The number of amides is 1. The molecule has 20 heavy (non-hydrogen) atoms. The van der Waals surface area contributed by atoms with Crippen LogP contribution in [0.2, 0.25) is 0 Å². The van der Waals surface area contributed by atoms with Gasteiger partial charge in [0.15, 0.2) is 0 Å². The average Bonchev–Trinajstić information content (AvgIpc) is 2.76. The second kappa shape index (κ2) is 5.09. The van der Waals surface area contributed by atoms with Crippen molar-refractivity contribution in [3.8, 4) is 0 Å². The molecule has 5 heteroatoms. The molecule has 1 amide bonds. The van der Waals surface area contributed by atoms with E-state index < -0.39 is 11.2 Å². The summed E-state index contributed by atoms with van der Waals surface area (Å²) in [5, 5.41) is 0. The van der Waals surface area contributed by atoms with E-state index in [0.29, 0.717) is 5.69 Å². The lowest BCUT2D eigenvalue weighted by Gasteiger charge is -2.19. The van der Waals surface area contributed by atoms with E-state index in [1.165, 1.54) is 4.31 Å². The van der Waals surface area contributed by atoms with Gasteiger partial charge in [0.2, 0.25) is 11.2 Å². The Hall–Kier alpha value is -2.14. The number of hydrogen-bond donors (Lipinski definition) is 0. The third kappa shape index (κ3) is 2.10. The highest BCUT2D eigenvalue weighted by Gasteiger charge is 2.37. The van der Waals surface area contributed by atoms with Crippen LogP contribution in [0.4, 0.5) is 11.4 Å². The zero-order valence-electron chi connectivity index (χ0n) is 11.0. The van der Waals surface area contributed by atoms with Crippen LogP contribution < -0.4 is 8.61 Å². The Morgan fingerprint density at radius 2 is 1.65 bits per heavy atom. The summed E-state index contributed by atoms with van der Waals surface area (Å²) in [6, 6.07) is 16.8. The van der Waals surface area contributed by atoms with Gasteiger partial charge in [-0.2, -0.15) is 0 Å². The fourth-order valence-electron chi connectivity index (χ4n) is 2.21.